The number of hydrogen-bond acceptors (Lipinski definition) is 4. The zero-order valence-electron chi connectivity index (χ0n) is 20.0. The van der Waals surface area contributed by atoms with Gasteiger partial charge in [0, 0.05) is 25.7 Å². The van der Waals surface area contributed by atoms with E-state index in [1.165, 1.54) is 5.57 Å². The number of amides is 2. The van der Waals surface area contributed by atoms with Crippen LogP contribution in [0.4, 0.5) is 0 Å². The summed E-state index contributed by atoms with van der Waals surface area (Å²) in [4.78, 5) is 29.2. The zero-order valence-corrected chi connectivity index (χ0v) is 20.0. The largest absolute Gasteiger partial charge is 0.497 e. The van der Waals surface area contributed by atoms with Crippen LogP contribution >= 0.6 is 0 Å². The Morgan fingerprint density at radius 1 is 1.12 bits per heavy atom. The standard InChI is InChI=1S/C27H35N3O3/c1-18(2)24-14-21(15-26(31)29-16-20-8-10-23(33-4)11-9-20)19(3)13-22(24)17-30-27(32)25-7-5-6-12-28-25/h5-13,18,21-22,24H,14-17H2,1-4H3,(H,29,31)(H,30,32)/t21-,22-,24-/m0/s1. The first-order valence-electron chi connectivity index (χ1n) is 11.6. The van der Waals surface area contributed by atoms with Crippen molar-refractivity contribution in [2.75, 3.05) is 13.7 Å². The van der Waals surface area contributed by atoms with Gasteiger partial charge in [-0.3, -0.25) is 14.6 Å². The molecule has 0 saturated carbocycles. The number of rotatable bonds is 9. The molecule has 33 heavy (non-hydrogen) atoms. The van der Waals surface area contributed by atoms with E-state index >= 15 is 0 Å². The van der Waals surface area contributed by atoms with Crippen molar-refractivity contribution >= 4 is 11.8 Å². The fourth-order valence-corrected chi connectivity index (χ4v) is 4.55. The number of nitrogens with one attached hydrogen (secondary N) is 2. The van der Waals surface area contributed by atoms with Crippen LogP contribution < -0.4 is 15.4 Å². The minimum Gasteiger partial charge on any atom is -0.497 e. The summed E-state index contributed by atoms with van der Waals surface area (Å²) < 4.78 is 5.18. The summed E-state index contributed by atoms with van der Waals surface area (Å²) in [6, 6.07) is 13.1. The first-order chi connectivity index (χ1) is 15.9. The molecule has 2 aromatic rings. The molecule has 0 aliphatic heterocycles. The zero-order chi connectivity index (χ0) is 23.8. The van der Waals surface area contributed by atoms with Gasteiger partial charge in [-0.2, -0.15) is 0 Å². The molecule has 176 valence electrons. The molecule has 6 nitrogen and oxygen atoms in total. The maximum atomic E-state index is 12.7. The van der Waals surface area contributed by atoms with Gasteiger partial charge >= 0.3 is 0 Å². The molecule has 0 spiro atoms. The number of methoxy groups -OCH3 is 1. The number of hydrogen-bond donors (Lipinski definition) is 2. The summed E-state index contributed by atoms with van der Waals surface area (Å²) in [7, 11) is 1.64. The number of benzene rings is 1. The predicted octanol–water partition coefficient (Wildman–Crippen LogP) is 4.38. The number of carbonyl (C=O) groups is 2. The molecule has 1 aromatic carbocycles. The summed E-state index contributed by atoms with van der Waals surface area (Å²) >= 11 is 0. The molecule has 3 rings (SSSR count). The molecule has 3 atom stereocenters. The van der Waals surface area contributed by atoms with Crippen molar-refractivity contribution in [2.45, 2.75) is 40.2 Å². The highest BCUT2D eigenvalue weighted by Crippen LogP contribution is 2.38. The summed E-state index contributed by atoms with van der Waals surface area (Å²) in [5.74, 6) is 2.04. The van der Waals surface area contributed by atoms with Gasteiger partial charge in [0.05, 0.1) is 7.11 Å². The van der Waals surface area contributed by atoms with Gasteiger partial charge in [-0.15, -0.1) is 0 Å². The Morgan fingerprint density at radius 3 is 2.52 bits per heavy atom. The monoisotopic (exact) mass is 449 g/mol. The number of allylic oxidation sites excluding steroid dienone is 1. The maximum absolute atomic E-state index is 12.7. The van der Waals surface area contributed by atoms with Crippen LogP contribution in [0, 0.1) is 23.7 Å². The average Bonchev–Trinajstić information content (AvgIpc) is 2.83. The van der Waals surface area contributed by atoms with Crippen LogP contribution in [-0.2, 0) is 11.3 Å². The minimum absolute atomic E-state index is 0.0629. The molecular weight excluding hydrogens is 414 g/mol. The van der Waals surface area contributed by atoms with E-state index in [1.54, 1.807) is 25.4 Å². The topological polar surface area (TPSA) is 80.3 Å². The summed E-state index contributed by atoms with van der Waals surface area (Å²) in [5, 5.41) is 6.09. The van der Waals surface area contributed by atoms with E-state index in [4.69, 9.17) is 4.74 Å². The second kappa shape index (κ2) is 11.6. The third kappa shape index (κ3) is 6.91. The molecule has 0 saturated heterocycles. The molecule has 1 heterocycles. The van der Waals surface area contributed by atoms with Crippen molar-refractivity contribution in [1.29, 1.82) is 0 Å². The Bertz CT molecular complexity index is 954. The number of pyridine rings is 1. The third-order valence-electron chi connectivity index (χ3n) is 6.56. The SMILES string of the molecule is COc1ccc(CNC(=O)C[C@@H]2C[C@@H](C(C)C)[C@H](CNC(=O)c3ccccn3)C=C2C)cc1. The van der Waals surface area contributed by atoms with E-state index in [0.717, 1.165) is 17.7 Å². The van der Waals surface area contributed by atoms with Gasteiger partial charge in [0.25, 0.3) is 5.91 Å². The molecule has 2 N–H and O–H groups in total. The highest BCUT2D eigenvalue weighted by Gasteiger charge is 2.32. The van der Waals surface area contributed by atoms with E-state index in [9.17, 15) is 9.59 Å². The lowest BCUT2D eigenvalue weighted by molar-refractivity contribution is -0.122. The number of ether oxygens (including phenoxy) is 1. The fraction of sp³-hybridized carbons (Fsp3) is 0.444. The lowest BCUT2D eigenvalue weighted by Gasteiger charge is -2.37. The van der Waals surface area contributed by atoms with E-state index in [1.807, 2.05) is 30.3 Å². The van der Waals surface area contributed by atoms with E-state index in [0.29, 0.717) is 37.0 Å². The molecular formula is C27H35N3O3. The highest BCUT2D eigenvalue weighted by atomic mass is 16.5. The first kappa shape index (κ1) is 24.5. The van der Waals surface area contributed by atoms with Gasteiger partial charge in [-0.05, 0) is 66.8 Å². The Morgan fingerprint density at radius 2 is 1.88 bits per heavy atom. The van der Waals surface area contributed by atoms with Crippen molar-refractivity contribution < 1.29 is 14.3 Å². The molecule has 0 bridgehead atoms. The van der Waals surface area contributed by atoms with E-state index in [2.05, 4.69) is 42.5 Å². The second-order valence-corrected chi connectivity index (χ2v) is 9.17. The summed E-state index contributed by atoms with van der Waals surface area (Å²) in [6.07, 6.45) is 5.31. The second-order valence-electron chi connectivity index (χ2n) is 9.17. The van der Waals surface area contributed by atoms with E-state index < -0.39 is 0 Å². The lowest BCUT2D eigenvalue weighted by atomic mass is 9.69. The predicted molar refractivity (Wildman–Crippen MR) is 130 cm³/mol. The maximum Gasteiger partial charge on any atom is 0.269 e. The van der Waals surface area contributed by atoms with Crippen molar-refractivity contribution in [3.8, 4) is 5.75 Å². The van der Waals surface area contributed by atoms with Gasteiger partial charge in [0.2, 0.25) is 5.91 Å². The Labute approximate surface area is 196 Å². The molecule has 1 aliphatic rings. The van der Waals surface area contributed by atoms with Gasteiger partial charge in [0.1, 0.15) is 11.4 Å². The fourth-order valence-electron chi connectivity index (χ4n) is 4.55. The first-order valence-corrected chi connectivity index (χ1v) is 11.6. The van der Waals surface area contributed by atoms with Crippen molar-refractivity contribution in [1.82, 2.24) is 15.6 Å². The normalized spacial score (nSPS) is 20.2. The third-order valence-corrected chi connectivity index (χ3v) is 6.56. The van der Waals surface area contributed by atoms with Gasteiger partial charge in [-0.25, -0.2) is 0 Å². The Hall–Kier alpha value is -3.15. The van der Waals surface area contributed by atoms with Gasteiger partial charge < -0.3 is 15.4 Å². The van der Waals surface area contributed by atoms with Crippen LogP contribution in [0.15, 0.2) is 60.3 Å². The van der Waals surface area contributed by atoms with Crippen LogP contribution in [0.25, 0.3) is 0 Å². The van der Waals surface area contributed by atoms with Crippen LogP contribution in [0.3, 0.4) is 0 Å². The molecule has 6 heteroatoms. The minimum atomic E-state index is -0.149. The number of carbonyl (C=O) groups excluding carboxylic acids is 2. The number of aromatic nitrogens is 1. The Kier molecular flexibility index (Phi) is 8.64. The summed E-state index contributed by atoms with van der Waals surface area (Å²) in [6.45, 7) is 7.62. The average molecular weight is 450 g/mol. The van der Waals surface area contributed by atoms with Crippen molar-refractivity contribution in [3.63, 3.8) is 0 Å². The van der Waals surface area contributed by atoms with Crippen LogP contribution in [0.1, 0.15) is 49.7 Å². The highest BCUT2D eigenvalue weighted by molar-refractivity contribution is 5.92. The molecule has 1 aliphatic carbocycles. The molecule has 0 fully saturated rings. The van der Waals surface area contributed by atoms with Crippen molar-refractivity contribution in [3.05, 3.63) is 71.6 Å². The molecule has 0 unspecified atom stereocenters. The molecule has 2 amide bonds. The smallest absolute Gasteiger partial charge is 0.269 e. The van der Waals surface area contributed by atoms with Gasteiger partial charge in [0.15, 0.2) is 0 Å². The van der Waals surface area contributed by atoms with Gasteiger partial charge in [-0.1, -0.05) is 43.7 Å². The summed E-state index contributed by atoms with van der Waals surface area (Å²) in [5.41, 5.74) is 2.70. The quantitative estimate of drug-likeness (QED) is 0.557. The van der Waals surface area contributed by atoms with Crippen LogP contribution in [-0.4, -0.2) is 30.5 Å². The number of nitrogens with zero attached hydrogens (tertiary/aromatic N) is 1. The molecule has 1 aromatic heterocycles. The van der Waals surface area contributed by atoms with E-state index in [-0.39, 0.29) is 23.7 Å². The molecule has 0 radical (unpaired) electrons. The van der Waals surface area contributed by atoms with Crippen molar-refractivity contribution in [2.24, 2.45) is 23.7 Å². The van der Waals surface area contributed by atoms with Crippen LogP contribution in [0.5, 0.6) is 5.75 Å². The van der Waals surface area contributed by atoms with Crippen LogP contribution in [0.2, 0.25) is 0 Å². The lowest BCUT2D eigenvalue weighted by Crippen LogP contribution is -2.38. The Balaban J connectivity index is 1.56.